The van der Waals surface area contributed by atoms with Gasteiger partial charge in [-0.1, -0.05) is 18.2 Å². The minimum Gasteiger partial charge on any atom is -0.451 e. The Morgan fingerprint density at radius 1 is 1.30 bits per heavy atom. The molecule has 144 valence electrons. The molecule has 2 saturated heterocycles. The van der Waals surface area contributed by atoms with E-state index in [0.717, 1.165) is 55.3 Å². The number of aryl methyl sites for hydroxylation is 1. The zero-order chi connectivity index (χ0) is 18.8. The molecule has 6 nitrogen and oxygen atoms in total. The maximum Gasteiger partial charge on any atom is 0.289 e. The van der Waals surface area contributed by atoms with E-state index in [4.69, 9.17) is 4.42 Å². The Hall–Kier alpha value is -2.34. The van der Waals surface area contributed by atoms with E-state index in [-0.39, 0.29) is 17.9 Å². The van der Waals surface area contributed by atoms with E-state index in [1.807, 2.05) is 36.1 Å². The summed E-state index contributed by atoms with van der Waals surface area (Å²) in [5, 5.41) is 7.24. The Kier molecular flexibility index (Phi) is 5.16. The third kappa shape index (κ3) is 3.86. The number of hydrogen-bond donors (Lipinski definition) is 2. The number of amides is 2. The first-order valence-electron chi connectivity index (χ1n) is 9.91. The van der Waals surface area contributed by atoms with Crippen molar-refractivity contribution in [1.29, 1.82) is 0 Å². The predicted molar refractivity (Wildman–Crippen MR) is 104 cm³/mol. The van der Waals surface area contributed by atoms with Gasteiger partial charge in [0, 0.05) is 25.0 Å². The number of nitrogens with zero attached hydrogens (tertiary/aromatic N) is 1. The van der Waals surface area contributed by atoms with Crippen LogP contribution in [0.5, 0.6) is 0 Å². The number of benzene rings is 1. The molecule has 6 heteroatoms. The van der Waals surface area contributed by atoms with Crippen LogP contribution in [0.15, 0.2) is 28.7 Å². The van der Waals surface area contributed by atoms with Crippen LogP contribution in [0.2, 0.25) is 0 Å². The first-order chi connectivity index (χ1) is 13.1. The summed E-state index contributed by atoms with van der Waals surface area (Å²) in [5.41, 5.74) is 1.82. The van der Waals surface area contributed by atoms with Gasteiger partial charge in [0.2, 0.25) is 5.91 Å². The molecule has 2 unspecified atom stereocenters. The number of carbonyl (C=O) groups is 2. The third-order valence-corrected chi connectivity index (χ3v) is 5.70. The minimum atomic E-state index is -0.0564. The monoisotopic (exact) mass is 369 g/mol. The Labute approximate surface area is 159 Å². The van der Waals surface area contributed by atoms with E-state index in [9.17, 15) is 9.59 Å². The standard InChI is InChI=1S/C21H27N3O3/c1-14-5-2-7-16-11-18(27-19(14)16)21(26)24-10-4-6-15(13-24)12-23-20(25)17-8-3-9-22-17/h2,5,7,11,15,17,22H,3-4,6,8-10,12-13H2,1H3,(H,23,25). The number of para-hydroxylation sites is 1. The summed E-state index contributed by atoms with van der Waals surface area (Å²) in [7, 11) is 0. The Morgan fingerprint density at radius 3 is 2.96 bits per heavy atom. The number of nitrogens with one attached hydrogen (secondary N) is 2. The number of piperidine rings is 1. The van der Waals surface area contributed by atoms with E-state index in [2.05, 4.69) is 10.6 Å². The molecule has 2 atom stereocenters. The van der Waals surface area contributed by atoms with Crippen molar-refractivity contribution in [2.24, 2.45) is 5.92 Å². The molecule has 2 N–H and O–H groups in total. The van der Waals surface area contributed by atoms with Crippen molar-refractivity contribution in [1.82, 2.24) is 15.5 Å². The average molecular weight is 369 g/mol. The lowest BCUT2D eigenvalue weighted by atomic mass is 9.97. The molecule has 1 aromatic carbocycles. The summed E-state index contributed by atoms with van der Waals surface area (Å²) in [6.45, 7) is 4.93. The van der Waals surface area contributed by atoms with Gasteiger partial charge >= 0.3 is 0 Å². The van der Waals surface area contributed by atoms with Gasteiger partial charge in [0.1, 0.15) is 5.58 Å². The first-order valence-corrected chi connectivity index (χ1v) is 9.91. The lowest BCUT2D eigenvalue weighted by Crippen LogP contribution is -2.46. The van der Waals surface area contributed by atoms with E-state index < -0.39 is 0 Å². The molecule has 2 amide bonds. The molecule has 0 aliphatic carbocycles. The maximum atomic E-state index is 12.9. The quantitative estimate of drug-likeness (QED) is 0.868. The molecule has 2 fully saturated rings. The highest BCUT2D eigenvalue weighted by Crippen LogP contribution is 2.25. The van der Waals surface area contributed by atoms with Crippen LogP contribution in [0.4, 0.5) is 0 Å². The van der Waals surface area contributed by atoms with E-state index in [1.54, 1.807) is 0 Å². The number of carbonyl (C=O) groups excluding carboxylic acids is 2. The lowest BCUT2D eigenvalue weighted by molar-refractivity contribution is -0.123. The molecular formula is C21H27N3O3. The largest absolute Gasteiger partial charge is 0.451 e. The number of hydrogen-bond acceptors (Lipinski definition) is 4. The molecule has 0 saturated carbocycles. The minimum absolute atomic E-state index is 0.0508. The molecule has 27 heavy (non-hydrogen) atoms. The normalized spacial score (nSPS) is 22.9. The van der Waals surface area contributed by atoms with Crippen LogP contribution in [0.25, 0.3) is 11.0 Å². The summed E-state index contributed by atoms with van der Waals surface area (Å²) in [6.07, 6.45) is 3.95. The second kappa shape index (κ2) is 7.72. The average Bonchev–Trinajstić information content (AvgIpc) is 3.36. The second-order valence-corrected chi connectivity index (χ2v) is 7.76. The van der Waals surface area contributed by atoms with E-state index in [1.165, 1.54) is 0 Å². The summed E-state index contributed by atoms with van der Waals surface area (Å²) < 4.78 is 5.85. The number of furan rings is 1. The van der Waals surface area contributed by atoms with Gasteiger partial charge in [0.15, 0.2) is 5.76 Å². The zero-order valence-electron chi connectivity index (χ0n) is 15.8. The Bertz CT molecular complexity index is 838. The van der Waals surface area contributed by atoms with Crippen molar-refractivity contribution in [2.75, 3.05) is 26.2 Å². The molecular weight excluding hydrogens is 342 g/mol. The van der Waals surface area contributed by atoms with Crippen LogP contribution < -0.4 is 10.6 Å². The van der Waals surface area contributed by atoms with Crippen LogP contribution in [0, 0.1) is 12.8 Å². The van der Waals surface area contributed by atoms with Crippen molar-refractivity contribution in [3.05, 3.63) is 35.6 Å². The second-order valence-electron chi connectivity index (χ2n) is 7.76. The van der Waals surface area contributed by atoms with Gasteiger partial charge in [0.25, 0.3) is 5.91 Å². The molecule has 0 spiro atoms. The van der Waals surface area contributed by atoms with Crippen molar-refractivity contribution < 1.29 is 14.0 Å². The molecule has 0 radical (unpaired) electrons. The summed E-state index contributed by atoms with van der Waals surface area (Å²) in [4.78, 5) is 27.0. The topological polar surface area (TPSA) is 74.6 Å². The smallest absolute Gasteiger partial charge is 0.289 e. The highest BCUT2D eigenvalue weighted by atomic mass is 16.3. The zero-order valence-corrected chi connectivity index (χ0v) is 15.8. The van der Waals surface area contributed by atoms with Gasteiger partial charge in [-0.15, -0.1) is 0 Å². The fraction of sp³-hybridized carbons (Fsp3) is 0.524. The third-order valence-electron chi connectivity index (χ3n) is 5.70. The summed E-state index contributed by atoms with van der Waals surface area (Å²) in [5.74, 6) is 0.723. The number of fused-ring (bicyclic) bond motifs is 1. The fourth-order valence-corrected chi connectivity index (χ4v) is 4.16. The summed E-state index contributed by atoms with van der Waals surface area (Å²) in [6, 6.07) is 7.71. The first kappa shape index (κ1) is 18.0. The van der Waals surface area contributed by atoms with Crippen molar-refractivity contribution in [3.8, 4) is 0 Å². The van der Waals surface area contributed by atoms with Crippen molar-refractivity contribution in [3.63, 3.8) is 0 Å². The molecule has 1 aromatic heterocycles. The molecule has 0 bridgehead atoms. The van der Waals surface area contributed by atoms with Gasteiger partial charge in [0.05, 0.1) is 6.04 Å². The predicted octanol–water partition coefficient (Wildman–Crippen LogP) is 2.46. The van der Waals surface area contributed by atoms with Gasteiger partial charge in [-0.2, -0.15) is 0 Å². The lowest BCUT2D eigenvalue weighted by Gasteiger charge is -2.32. The van der Waals surface area contributed by atoms with Crippen LogP contribution in [-0.4, -0.2) is 48.9 Å². The van der Waals surface area contributed by atoms with Crippen LogP contribution in [-0.2, 0) is 4.79 Å². The Balaban J connectivity index is 1.37. The molecule has 2 aliphatic heterocycles. The molecule has 2 aromatic rings. The van der Waals surface area contributed by atoms with Crippen molar-refractivity contribution >= 4 is 22.8 Å². The van der Waals surface area contributed by atoms with Gasteiger partial charge in [-0.05, 0) is 56.7 Å². The van der Waals surface area contributed by atoms with Crippen LogP contribution >= 0.6 is 0 Å². The molecule has 3 heterocycles. The van der Waals surface area contributed by atoms with Crippen molar-refractivity contribution in [2.45, 2.75) is 38.6 Å². The maximum absolute atomic E-state index is 12.9. The Morgan fingerprint density at radius 2 is 2.19 bits per heavy atom. The number of rotatable bonds is 4. The SMILES string of the molecule is Cc1cccc2cc(C(=O)N3CCCC(CNC(=O)C4CCCN4)C3)oc12. The van der Waals surface area contributed by atoms with E-state index in [0.29, 0.717) is 24.8 Å². The van der Waals surface area contributed by atoms with Crippen LogP contribution in [0.1, 0.15) is 41.8 Å². The van der Waals surface area contributed by atoms with Gasteiger partial charge < -0.3 is 20.0 Å². The van der Waals surface area contributed by atoms with E-state index >= 15 is 0 Å². The highest BCUT2D eigenvalue weighted by Gasteiger charge is 2.28. The van der Waals surface area contributed by atoms with Gasteiger partial charge in [-0.3, -0.25) is 9.59 Å². The highest BCUT2D eigenvalue weighted by molar-refractivity contribution is 5.96. The summed E-state index contributed by atoms with van der Waals surface area (Å²) >= 11 is 0. The molecule has 4 rings (SSSR count). The number of likely N-dealkylation sites (tertiary alicyclic amines) is 1. The fourth-order valence-electron chi connectivity index (χ4n) is 4.16. The molecule has 2 aliphatic rings. The van der Waals surface area contributed by atoms with Gasteiger partial charge in [-0.25, -0.2) is 0 Å². The van der Waals surface area contributed by atoms with Crippen LogP contribution in [0.3, 0.4) is 0 Å².